The van der Waals surface area contributed by atoms with Crippen LogP contribution in [0.2, 0.25) is 10.0 Å². The van der Waals surface area contributed by atoms with E-state index in [1.807, 2.05) is 0 Å². The average Bonchev–Trinajstić information content (AvgIpc) is 2.89. The molecule has 1 amide bonds. The molecule has 0 saturated carbocycles. The minimum atomic E-state index is -0.319. The molecule has 4 nitrogen and oxygen atoms in total. The SMILES string of the molecule is CC(C)N1CCc2c(sc(NC(=O)c3cc(Cl)cc(Cl)c3)c2C#N)C1. The van der Waals surface area contributed by atoms with E-state index in [0.717, 1.165) is 30.0 Å². The van der Waals surface area contributed by atoms with Crippen molar-refractivity contribution >= 4 is 45.4 Å². The van der Waals surface area contributed by atoms with Crippen LogP contribution < -0.4 is 5.32 Å². The van der Waals surface area contributed by atoms with Gasteiger partial charge in [-0.25, -0.2) is 0 Å². The average molecular weight is 394 g/mol. The maximum Gasteiger partial charge on any atom is 0.256 e. The molecular weight excluding hydrogens is 377 g/mol. The quantitative estimate of drug-likeness (QED) is 0.802. The van der Waals surface area contributed by atoms with E-state index >= 15 is 0 Å². The molecule has 0 fully saturated rings. The number of nitriles is 1. The van der Waals surface area contributed by atoms with Crippen molar-refractivity contribution in [3.8, 4) is 6.07 Å². The van der Waals surface area contributed by atoms with Crippen molar-refractivity contribution in [1.82, 2.24) is 4.90 Å². The van der Waals surface area contributed by atoms with Gasteiger partial charge in [-0.05, 0) is 44.0 Å². The Hall–Kier alpha value is -1.58. The fourth-order valence-corrected chi connectivity index (χ4v) is 4.68. The van der Waals surface area contributed by atoms with E-state index in [0.29, 0.717) is 32.2 Å². The molecule has 2 aromatic rings. The molecule has 7 heteroatoms. The molecule has 0 saturated heterocycles. The van der Waals surface area contributed by atoms with E-state index in [2.05, 4.69) is 30.1 Å². The Morgan fingerprint density at radius 3 is 2.60 bits per heavy atom. The molecule has 130 valence electrons. The second kappa shape index (κ2) is 7.35. The number of nitrogens with zero attached hydrogens (tertiary/aromatic N) is 2. The van der Waals surface area contributed by atoms with Crippen molar-refractivity contribution < 1.29 is 4.79 Å². The van der Waals surface area contributed by atoms with Gasteiger partial charge in [-0.2, -0.15) is 5.26 Å². The summed E-state index contributed by atoms with van der Waals surface area (Å²) < 4.78 is 0. The minimum absolute atomic E-state index is 0.319. The molecule has 1 aliphatic rings. The Morgan fingerprint density at radius 2 is 2.00 bits per heavy atom. The number of hydrogen-bond acceptors (Lipinski definition) is 4. The van der Waals surface area contributed by atoms with Gasteiger partial charge in [0.2, 0.25) is 0 Å². The summed E-state index contributed by atoms with van der Waals surface area (Å²) in [5.74, 6) is -0.319. The maximum absolute atomic E-state index is 12.5. The van der Waals surface area contributed by atoms with Crippen LogP contribution in [0, 0.1) is 11.3 Å². The Bertz CT molecular complexity index is 850. The topological polar surface area (TPSA) is 56.1 Å². The number of thiophene rings is 1. The van der Waals surface area contributed by atoms with Crippen LogP contribution in [0.25, 0.3) is 0 Å². The number of rotatable bonds is 3. The van der Waals surface area contributed by atoms with Gasteiger partial charge in [0.25, 0.3) is 5.91 Å². The second-order valence-corrected chi connectivity index (χ2v) is 8.22. The first kappa shape index (κ1) is 18.2. The van der Waals surface area contributed by atoms with Crippen LogP contribution >= 0.6 is 34.5 Å². The highest BCUT2D eigenvalue weighted by Crippen LogP contribution is 2.37. The molecule has 0 radical (unpaired) electrons. The van der Waals surface area contributed by atoms with Gasteiger partial charge in [0.15, 0.2) is 0 Å². The van der Waals surface area contributed by atoms with Gasteiger partial charge in [-0.15, -0.1) is 11.3 Å². The summed E-state index contributed by atoms with van der Waals surface area (Å²) >= 11 is 13.4. The monoisotopic (exact) mass is 393 g/mol. The fourth-order valence-electron chi connectivity index (χ4n) is 2.93. The number of nitrogens with one attached hydrogen (secondary N) is 1. The van der Waals surface area contributed by atoms with E-state index in [4.69, 9.17) is 23.2 Å². The van der Waals surface area contributed by atoms with Crippen molar-refractivity contribution in [2.45, 2.75) is 32.9 Å². The summed E-state index contributed by atoms with van der Waals surface area (Å²) in [5.41, 5.74) is 2.00. The summed E-state index contributed by atoms with van der Waals surface area (Å²) in [4.78, 5) is 16.0. The molecule has 3 rings (SSSR count). The molecule has 0 atom stereocenters. The van der Waals surface area contributed by atoms with Crippen molar-refractivity contribution in [1.29, 1.82) is 5.26 Å². The number of benzene rings is 1. The zero-order valence-corrected chi connectivity index (χ0v) is 16.2. The lowest BCUT2D eigenvalue weighted by molar-refractivity contribution is 0.102. The zero-order chi connectivity index (χ0) is 18.1. The number of anilines is 1. The highest BCUT2D eigenvalue weighted by molar-refractivity contribution is 7.16. The molecule has 2 heterocycles. The first-order chi connectivity index (χ1) is 11.9. The minimum Gasteiger partial charge on any atom is -0.312 e. The largest absolute Gasteiger partial charge is 0.312 e. The lowest BCUT2D eigenvalue weighted by Gasteiger charge is -2.30. The van der Waals surface area contributed by atoms with Crippen LogP contribution in [0.1, 0.15) is 40.2 Å². The van der Waals surface area contributed by atoms with Gasteiger partial charge >= 0.3 is 0 Å². The third-order valence-corrected chi connectivity index (χ3v) is 5.85. The van der Waals surface area contributed by atoms with Gasteiger partial charge in [-0.3, -0.25) is 9.69 Å². The van der Waals surface area contributed by atoms with Gasteiger partial charge in [0.05, 0.1) is 5.56 Å². The molecule has 0 unspecified atom stereocenters. The highest BCUT2D eigenvalue weighted by Gasteiger charge is 2.26. The molecule has 1 aromatic heterocycles. The number of carbonyl (C=O) groups excluding carboxylic acids is 1. The van der Waals surface area contributed by atoms with E-state index < -0.39 is 0 Å². The van der Waals surface area contributed by atoms with Gasteiger partial charge in [-0.1, -0.05) is 23.2 Å². The van der Waals surface area contributed by atoms with Gasteiger partial charge in [0.1, 0.15) is 11.1 Å². The van der Waals surface area contributed by atoms with Crippen molar-refractivity contribution in [2.24, 2.45) is 0 Å². The number of halogens is 2. The van der Waals surface area contributed by atoms with Crippen molar-refractivity contribution in [2.75, 3.05) is 11.9 Å². The molecular formula is C18H17Cl2N3OS. The van der Waals surface area contributed by atoms with Crippen LogP contribution in [0.4, 0.5) is 5.00 Å². The van der Waals surface area contributed by atoms with E-state index in [1.165, 1.54) is 11.3 Å². The fraction of sp³-hybridized carbons (Fsp3) is 0.333. The lowest BCUT2D eigenvalue weighted by Crippen LogP contribution is -2.35. The second-order valence-electron chi connectivity index (χ2n) is 6.25. The standard InChI is InChI=1S/C18H17Cl2N3OS/c1-10(2)23-4-3-14-15(8-21)18(25-16(14)9-23)22-17(24)11-5-12(19)7-13(20)6-11/h5-7,10H,3-4,9H2,1-2H3,(H,22,24). The first-order valence-corrected chi connectivity index (χ1v) is 9.52. The Labute approximate surface area is 161 Å². The molecule has 25 heavy (non-hydrogen) atoms. The molecule has 1 aromatic carbocycles. The van der Waals surface area contributed by atoms with Gasteiger partial charge in [0, 0.05) is 39.6 Å². The highest BCUT2D eigenvalue weighted by atomic mass is 35.5. The third kappa shape index (κ3) is 3.83. The third-order valence-electron chi connectivity index (χ3n) is 4.28. The number of hydrogen-bond donors (Lipinski definition) is 1. The maximum atomic E-state index is 12.5. The number of fused-ring (bicyclic) bond motifs is 1. The van der Waals surface area contributed by atoms with Crippen molar-refractivity contribution in [3.05, 3.63) is 49.8 Å². The molecule has 1 N–H and O–H groups in total. The predicted molar refractivity (Wildman–Crippen MR) is 103 cm³/mol. The van der Waals surface area contributed by atoms with Crippen molar-refractivity contribution in [3.63, 3.8) is 0 Å². The lowest BCUT2D eigenvalue weighted by atomic mass is 10.0. The zero-order valence-electron chi connectivity index (χ0n) is 13.9. The first-order valence-electron chi connectivity index (χ1n) is 7.95. The summed E-state index contributed by atoms with van der Waals surface area (Å²) in [5, 5.41) is 13.8. The van der Waals surface area contributed by atoms with Crippen LogP contribution in [-0.4, -0.2) is 23.4 Å². The number of amides is 1. The molecule has 1 aliphatic heterocycles. The predicted octanol–water partition coefficient (Wildman–Crippen LogP) is 4.95. The van der Waals surface area contributed by atoms with E-state index in [9.17, 15) is 10.1 Å². The Kier molecular flexibility index (Phi) is 5.35. The number of carbonyl (C=O) groups is 1. The van der Waals surface area contributed by atoms with E-state index in [1.54, 1.807) is 18.2 Å². The van der Waals surface area contributed by atoms with Gasteiger partial charge < -0.3 is 5.32 Å². The smallest absolute Gasteiger partial charge is 0.256 e. The van der Waals surface area contributed by atoms with Crippen LogP contribution in [0.5, 0.6) is 0 Å². The molecule has 0 spiro atoms. The van der Waals surface area contributed by atoms with E-state index in [-0.39, 0.29) is 5.91 Å². The van der Waals surface area contributed by atoms with Crippen LogP contribution in [0.15, 0.2) is 18.2 Å². The van der Waals surface area contributed by atoms with Crippen LogP contribution in [-0.2, 0) is 13.0 Å². The summed E-state index contributed by atoms with van der Waals surface area (Å²) in [6.07, 6.45) is 0.825. The Balaban J connectivity index is 1.88. The molecule has 0 aliphatic carbocycles. The normalized spacial score (nSPS) is 14.2. The molecule has 0 bridgehead atoms. The summed E-state index contributed by atoms with van der Waals surface area (Å²) in [7, 11) is 0. The van der Waals surface area contributed by atoms with Crippen LogP contribution in [0.3, 0.4) is 0 Å². The Morgan fingerprint density at radius 1 is 1.32 bits per heavy atom. The summed E-state index contributed by atoms with van der Waals surface area (Å²) in [6.45, 7) is 6.06. The summed E-state index contributed by atoms with van der Waals surface area (Å²) in [6, 6.07) is 7.39.